The fraction of sp³-hybridized carbons (Fsp3) is 0.375. The fourth-order valence-corrected chi connectivity index (χ4v) is 1.95. The molecule has 0 spiro atoms. The number of nitrogens with one attached hydrogen (secondary N) is 1. The highest BCUT2D eigenvalue weighted by Crippen LogP contribution is 2.21. The van der Waals surface area contributed by atoms with E-state index in [2.05, 4.69) is 15.2 Å². The maximum absolute atomic E-state index is 10.5. The summed E-state index contributed by atoms with van der Waals surface area (Å²) in [6.45, 7) is 1.43. The molecule has 3 N–H and O–H groups in total. The number of rotatable bonds is 8. The van der Waals surface area contributed by atoms with Crippen molar-refractivity contribution >= 4 is 22.7 Å². The summed E-state index contributed by atoms with van der Waals surface area (Å²) in [5.74, 6) is -0.0110. The molecule has 1 heterocycles. The van der Waals surface area contributed by atoms with Crippen molar-refractivity contribution in [3.63, 3.8) is 0 Å². The van der Waals surface area contributed by atoms with E-state index in [9.17, 15) is 9.90 Å². The van der Waals surface area contributed by atoms with Crippen LogP contribution in [0.5, 0.6) is 5.75 Å². The topological polar surface area (TPSA) is 94.9 Å². The molecular formula is C16H21N3O4. The van der Waals surface area contributed by atoms with Gasteiger partial charge in [-0.25, -0.2) is 9.78 Å². The van der Waals surface area contributed by atoms with Crippen molar-refractivity contribution in [1.82, 2.24) is 9.88 Å². The van der Waals surface area contributed by atoms with Gasteiger partial charge in [0.1, 0.15) is 18.2 Å². The molecule has 0 fully saturated rings. The molecule has 1 aromatic heterocycles. The Hall–Kier alpha value is -2.38. The molecule has 23 heavy (non-hydrogen) atoms. The number of hydrogen-bond acceptors (Lipinski definition) is 6. The summed E-state index contributed by atoms with van der Waals surface area (Å²) >= 11 is 0. The minimum absolute atomic E-state index is 0.293. The largest absolute Gasteiger partial charge is 0.490 e. The van der Waals surface area contributed by atoms with E-state index in [1.807, 2.05) is 26.2 Å². The number of carboxylic acids is 1. The normalized spacial score (nSPS) is 12.3. The van der Waals surface area contributed by atoms with Gasteiger partial charge in [0.15, 0.2) is 6.10 Å². The van der Waals surface area contributed by atoms with Gasteiger partial charge in [-0.05, 0) is 44.4 Å². The van der Waals surface area contributed by atoms with Crippen LogP contribution in [0.3, 0.4) is 0 Å². The summed E-state index contributed by atoms with van der Waals surface area (Å²) in [6, 6.07) is 9.07. The highest BCUT2D eigenvalue weighted by atomic mass is 16.5. The monoisotopic (exact) mass is 319 g/mol. The van der Waals surface area contributed by atoms with Crippen LogP contribution in [0.4, 0.5) is 5.82 Å². The summed E-state index contributed by atoms with van der Waals surface area (Å²) in [6.07, 6.45) is -1.54. The van der Waals surface area contributed by atoms with Gasteiger partial charge in [-0.15, -0.1) is 0 Å². The first-order valence-corrected chi connectivity index (χ1v) is 7.29. The maximum atomic E-state index is 10.5. The van der Waals surface area contributed by atoms with Crippen molar-refractivity contribution in [2.24, 2.45) is 0 Å². The van der Waals surface area contributed by atoms with E-state index in [-0.39, 0.29) is 6.61 Å². The molecule has 0 aliphatic heterocycles. The first-order chi connectivity index (χ1) is 11.0. The summed E-state index contributed by atoms with van der Waals surface area (Å²) in [5.41, 5.74) is 0.811. The second-order valence-corrected chi connectivity index (χ2v) is 5.45. The minimum atomic E-state index is -1.54. The molecule has 0 aliphatic carbocycles. The lowest BCUT2D eigenvalue weighted by atomic mass is 10.2. The average Bonchev–Trinajstić information content (AvgIpc) is 2.52. The van der Waals surface area contributed by atoms with Crippen molar-refractivity contribution in [1.29, 1.82) is 0 Å². The number of nitrogens with zero attached hydrogens (tertiary/aromatic N) is 2. The van der Waals surface area contributed by atoms with Gasteiger partial charge >= 0.3 is 5.97 Å². The molecule has 0 aliphatic rings. The highest BCUT2D eigenvalue weighted by Gasteiger charge is 2.13. The van der Waals surface area contributed by atoms with E-state index >= 15 is 0 Å². The summed E-state index contributed by atoms with van der Waals surface area (Å²) in [7, 11) is 4.02. The standard InChI is InChI=1S/C16H21N3O4/c1-19(2)8-7-17-15-6-3-11-9-12(4-5-13(11)18-15)23-10-14(20)16(21)22/h3-6,9,14,20H,7-8,10H2,1-2H3,(H,17,18)(H,21,22)/t14-/m1/s1. The van der Waals surface area contributed by atoms with Crippen LogP contribution in [0, 0.1) is 0 Å². The molecule has 0 amide bonds. The molecular weight excluding hydrogens is 298 g/mol. The molecule has 0 unspecified atom stereocenters. The highest BCUT2D eigenvalue weighted by molar-refractivity contribution is 5.81. The number of anilines is 1. The molecule has 1 atom stereocenters. The maximum Gasteiger partial charge on any atom is 0.336 e. The van der Waals surface area contributed by atoms with Crippen LogP contribution < -0.4 is 10.1 Å². The SMILES string of the molecule is CN(C)CCNc1ccc2cc(OC[C@@H](O)C(=O)O)ccc2n1. The Morgan fingerprint density at radius 1 is 1.35 bits per heavy atom. The molecule has 1 aromatic carbocycles. The van der Waals surface area contributed by atoms with E-state index in [4.69, 9.17) is 9.84 Å². The molecule has 0 saturated heterocycles. The van der Waals surface area contributed by atoms with Crippen molar-refractivity contribution in [3.05, 3.63) is 30.3 Å². The van der Waals surface area contributed by atoms with Gasteiger partial charge in [0.05, 0.1) is 5.52 Å². The zero-order valence-corrected chi connectivity index (χ0v) is 13.2. The third kappa shape index (κ3) is 5.08. The number of carboxylic acid groups (broad SMARTS) is 1. The van der Waals surface area contributed by atoms with Crippen LogP contribution in [-0.2, 0) is 4.79 Å². The van der Waals surface area contributed by atoms with Crippen molar-refractivity contribution in [3.8, 4) is 5.75 Å². The number of fused-ring (bicyclic) bond motifs is 1. The number of ether oxygens (including phenoxy) is 1. The molecule has 0 radical (unpaired) electrons. The fourth-order valence-electron chi connectivity index (χ4n) is 1.95. The van der Waals surface area contributed by atoms with Gasteiger partial charge in [0.2, 0.25) is 0 Å². The number of carbonyl (C=O) groups is 1. The Bertz CT molecular complexity index is 675. The average molecular weight is 319 g/mol. The number of likely N-dealkylation sites (N-methyl/N-ethyl adjacent to an activating group) is 1. The number of aliphatic hydroxyl groups is 1. The lowest BCUT2D eigenvalue weighted by molar-refractivity contribution is -0.148. The number of hydrogen-bond donors (Lipinski definition) is 3. The van der Waals surface area contributed by atoms with E-state index < -0.39 is 12.1 Å². The molecule has 2 rings (SSSR count). The van der Waals surface area contributed by atoms with Crippen LogP contribution in [0.1, 0.15) is 0 Å². The van der Waals surface area contributed by atoms with E-state index in [1.54, 1.807) is 18.2 Å². The third-order valence-electron chi connectivity index (χ3n) is 3.22. The quantitative estimate of drug-likeness (QED) is 0.669. The van der Waals surface area contributed by atoms with Crippen LogP contribution in [-0.4, -0.2) is 66.0 Å². The Morgan fingerprint density at radius 2 is 2.13 bits per heavy atom. The lowest BCUT2D eigenvalue weighted by Gasteiger charge is -2.12. The predicted molar refractivity (Wildman–Crippen MR) is 87.9 cm³/mol. The smallest absolute Gasteiger partial charge is 0.336 e. The number of aliphatic hydroxyl groups excluding tert-OH is 1. The van der Waals surface area contributed by atoms with Gasteiger partial charge in [-0.1, -0.05) is 0 Å². The third-order valence-corrected chi connectivity index (χ3v) is 3.22. The Kier molecular flexibility index (Phi) is 5.72. The second-order valence-electron chi connectivity index (χ2n) is 5.45. The first kappa shape index (κ1) is 17.0. The Balaban J connectivity index is 2.02. The molecule has 0 saturated carbocycles. The van der Waals surface area contributed by atoms with E-state index in [0.29, 0.717) is 5.75 Å². The molecule has 0 bridgehead atoms. The zero-order chi connectivity index (χ0) is 16.8. The lowest BCUT2D eigenvalue weighted by Crippen LogP contribution is -2.26. The number of pyridine rings is 1. The number of aliphatic carboxylic acids is 1. The van der Waals surface area contributed by atoms with Crippen LogP contribution in [0.2, 0.25) is 0 Å². The molecule has 124 valence electrons. The molecule has 7 heteroatoms. The van der Waals surface area contributed by atoms with Gasteiger partial charge in [-0.3, -0.25) is 0 Å². The minimum Gasteiger partial charge on any atom is -0.490 e. The Morgan fingerprint density at radius 3 is 2.83 bits per heavy atom. The van der Waals surface area contributed by atoms with Crippen LogP contribution in [0.25, 0.3) is 10.9 Å². The summed E-state index contributed by atoms with van der Waals surface area (Å²) in [5, 5.41) is 22.0. The van der Waals surface area contributed by atoms with Gasteiger partial charge in [0.25, 0.3) is 0 Å². The van der Waals surface area contributed by atoms with Crippen molar-refractivity contribution < 1.29 is 19.7 Å². The zero-order valence-electron chi connectivity index (χ0n) is 13.2. The summed E-state index contributed by atoms with van der Waals surface area (Å²) < 4.78 is 5.28. The molecule has 7 nitrogen and oxygen atoms in total. The van der Waals surface area contributed by atoms with Gasteiger partial charge in [-0.2, -0.15) is 0 Å². The second kappa shape index (κ2) is 7.75. The van der Waals surface area contributed by atoms with Gasteiger partial charge < -0.3 is 25.2 Å². The first-order valence-electron chi connectivity index (χ1n) is 7.29. The Labute approximate surface area is 134 Å². The number of aromatic nitrogens is 1. The van der Waals surface area contributed by atoms with E-state index in [0.717, 1.165) is 29.8 Å². The van der Waals surface area contributed by atoms with Gasteiger partial charge in [0, 0.05) is 18.5 Å². The van der Waals surface area contributed by atoms with Crippen LogP contribution >= 0.6 is 0 Å². The number of benzene rings is 1. The predicted octanol–water partition coefficient (Wildman–Crippen LogP) is 1.03. The molecule has 2 aromatic rings. The van der Waals surface area contributed by atoms with E-state index in [1.165, 1.54) is 0 Å². The van der Waals surface area contributed by atoms with Crippen molar-refractivity contribution in [2.75, 3.05) is 39.1 Å². The van der Waals surface area contributed by atoms with Crippen molar-refractivity contribution in [2.45, 2.75) is 6.10 Å². The van der Waals surface area contributed by atoms with Crippen LogP contribution in [0.15, 0.2) is 30.3 Å². The summed E-state index contributed by atoms with van der Waals surface area (Å²) in [4.78, 5) is 17.1.